The van der Waals surface area contributed by atoms with Crippen LogP contribution < -0.4 is 14.4 Å². The minimum Gasteiger partial charge on any atom is -0.492 e. The van der Waals surface area contributed by atoms with Gasteiger partial charge in [-0.1, -0.05) is 0 Å². The largest absolute Gasteiger partial charge is 0.492 e. The Morgan fingerprint density at radius 2 is 1.82 bits per heavy atom. The standard InChI is InChI=1S/C24H28N4O4S2/c1-3-32-22-12-19(14-25-15-22)20-13-23(33-17-20)16-27-8-10-28(11-9-27)21-6-4-18(5-7-21)24(29)26-34(2,30)31/h4-7,12-15,17H,3,8-11,16H2,1-2H3,(H,26,29). The number of anilines is 1. The van der Waals surface area contributed by atoms with Crippen molar-refractivity contribution in [1.29, 1.82) is 0 Å². The molecule has 34 heavy (non-hydrogen) atoms. The molecule has 0 radical (unpaired) electrons. The third kappa shape index (κ3) is 6.34. The van der Waals surface area contributed by atoms with Gasteiger partial charge in [0.1, 0.15) is 5.75 Å². The Morgan fingerprint density at radius 3 is 2.50 bits per heavy atom. The quantitative estimate of drug-likeness (QED) is 0.508. The van der Waals surface area contributed by atoms with E-state index in [1.807, 2.05) is 36.0 Å². The molecular weight excluding hydrogens is 472 g/mol. The van der Waals surface area contributed by atoms with Crippen molar-refractivity contribution < 1.29 is 17.9 Å². The van der Waals surface area contributed by atoms with Crippen LogP contribution in [-0.4, -0.2) is 63.3 Å². The van der Waals surface area contributed by atoms with E-state index in [-0.39, 0.29) is 0 Å². The van der Waals surface area contributed by atoms with Crippen LogP contribution in [0, 0.1) is 0 Å². The summed E-state index contributed by atoms with van der Waals surface area (Å²) in [5.41, 5.74) is 3.57. The molecule has 0 bridgehead atoms. The van der Waals surface area contributed by atoms with Crippen LogP contribution in [0.2, 0.25) is 0 Å². The lowest BCUT2D eigenvalue weighted by Gasteiger charge is -2.36. The van der Waals surface area contributed by atoms with Gasteiger partial charge in [0.2, 0.25) is 10.0 Å². The van der Waals surface area contributed by atoms with Crippen molar-refractivity contribution in [1.82, 2.24) is 14.6 Å². The maximum absolute atomic E-state index is 12.0. The van der Waals surface area contributed by atoms with Crippen molar-refractivity contribution >= 4 is 33.0 Å². The Labute approximate surface area is 204 Å². The lowest BCUT2D eigenvalue weighted by Crippen LogP contribution is -2.45. The molecule has 180 valence electrons. The zero-order valence-electron chi connectivity index (χ0n) is 19.2. The van der Waals surface area contributed by atoms with Gasteiger partial charge in [0.15, 0.2) is 0 Å². The number of carbonyl (C=O) groups excluding carboxylic acids is 1. The molecule has 0 atom stereocenters. The van der Waals surface area contributed by atoms with Gasteiger partial charge in [0.25, 0.3) is 5.91 Å². The van der Waals surface area contributed by atoms with Crippen LogP contribution in [0.3, 0.4) is 0 Å². The molecule has 1 fully saturated rings. The SMILES string of the molecule is CCOc1cncc(-c2csc(CN3CCN(c4ccc(C(=O)NS(C)(=O)=O)cc4)CC3)c2)c1. The number of rotatable bonds is 8. The monoisotopic (exact) mass is 500 g/mol. The fraction of sp³-hybridized carbons (Fsp3) is 0.333. The molecule has 1 aliphatic heterocycles. The summed E-state index contributed by atoms with van der Waals surface area (Å²) >= 11 is 1.76. The summed E-state index contributed by atoms with van der Waals surface area (Å²) in [5.74, 6) is 0.169. The molecule has 8 nitrogen and oxygen atoms in total. The molecule has 2 aromatic heterocycles. The number of hydrogen-bond donors (Lipinski definition) is 1. The van der Waals surface area contributed by atoms with Gasteiger partial charge in [0, 0.05) is 60.6 Å². The molecular formula is C24H28N4O4S2. The summed E-state index contributed by atoms with van der Waals surface area (Å²) in [6.45, 7) is 7.12. The van der Waals surface area contributed by atoms with E-state index in [1.54, 1.807) is 29.7 Å². The van der Waals surface area contributed by atoms with E-state index in [1.165, 1.54) is 4.88 Å². The third-order valence-corrected chi connectivity index (χ3v) is 7.01. The number of nitrogens with one attached hydrogen (secondary N) is 1. The Balaban J connectivity index is 1.31. The molecule has 1 N–H and O–H groups in total. The molecule has 1 aromatic carbocycles. The van der Waals surface area contributed by atoms with Crippen LogP contribution in [-0.2, 0) is 16.6 Å². The average Bonchev–Trinajstić information content (AvgIpc) is 3.28. The van der Waals surface area contributed by atoms with Crippen LogP contribution in [0.15, 0.2) is 54.2 Å². The van der Waals surface area contributed by atoms with Crippen LogP contribution in [0.25, 0.3) is 11.1 Å². The molecule has 3 aromatic rings. The van der Waals surface area contributed by atoms with E-state index < -0.39 is 15.9 Å². The second kappa shape index (κ2) is 10.5. The highest BCUT2D eigenvalue weighted by atomic mass is 32.2. The first kappa shape index (κ1) is 24.2. The van der Waals surface area contributed by atoms with Crippen molar-refractivity contribution in [3.63, 3.8) is 0 Å². The molecule has 0 spiro atoms. The van der Waals surface area contributed by atoms with E-state index in [9.17, 15) is 13.2 Å². The van der Waals surface area contributed by atoms with Gasteiger partial charge in [-0.2, -0.15) is 0 Å². The molecule has 1 aliphatic rings. The number of amides is 1. The Hall–Kier alpha value is -2.95. The zero-order valence-corrected chi connectivity index (χ0v) is 20.9. The number of aromatic nitrogens is 1. The second-order valence-corrected chi connectivity index (χ2v) is 10.9. The summed E-state index contributed by atoms with van der Waals surface area (Å²) in [5, 5.41) is 2.17. The number of sulfonamides is 1. The topological polar surface area (TPSA) is 91.8 Å². The summed E-state index contributed by atoms with van der Waals surface area (Å²) in [6.07, 6.45) is 4.56. The lowest BCUT2D eigenvalue weighted by molar-refractivity contribution is 0.0981. The minimum absolute atomic E-state index is 0.323. The maximum Gasteiger partial charge on any atom is 0.264 e. The average molecular weight is 501 g/mol. The number of nitrogens with zero attached hydrogens (tertiary/aromatic N) is 3. The molecule has 0 unspecified atom stereocenters. The highest BCUT2D eigenvalue weighted by Gasteiger charge is 2.19. The molecule has 3 heterocycles. The first-order chi connectivity index (χ1) is 16.3. The van der Waals surface area contributed by atoms with Gasteiger partial charge in [-0.15, -0.1) is 11.3 Å². The molecule has 0 saturated carbocycles. The van der Waals surface area contributed by atoms with Gasteiger partial charge in [-0.05, 0) is 54.3 Å². The third-order valence-electron chi connectivity index (χ3n) is 5.54. The van der Waals surface area contributed by atoms with Crippen LogP contribution in [0.5, 0.6) is 5.75 Å². The number of piperazine rings is 1. The summed E-state index contributed by atoms with van der Waals surface area (Å²) in [6, 6.07) is 11.3. The van der Waals surface area contributed by atoms with E-state index in [2.05, 4.69) is 26.2 Å². The molecule has 1 amide bonds. The normalized spacial score (nSPS) is 14.7. The second-order valence-electron chi connectivity index (χ2n) is 8.16. The highest BCUT2D eigenvalue weighted by Crippen LogP contribution is 2.28. The van der Waals surface area contributed by atoms with E-state index >= 15 is 0 Å². The Bertz CT molecular complexity index is 1230. The number of hydrogen-bond acceptors (Lipinski definition) is 8. The van der Waals surface area contributed by atoms with Crippen molar-refractivity contribution in [3.8, 4) is 16.9 Å². The van der Waals surface area contributed by atoms with Gasteiger partial charge in [-0.25, -0.2) is 13.1 Å². The maximum atomic E-state index is 12.0. The Kier molecular flexibility index (Phi) is 7.50. The number of pyridine rings is 1. The summed E-state index contributed by atoms with van der Waals surface area (Å²) in [4.78, 5) is 22.3. The molecule has 1 saturated heterocycles. The van der Waals surface area contributed by atoms with Gasteiger partial charge >= 0.3 is 0 Å². The van der Waals surface area contributed by atoms with E-state index in [4.69, 9.17) is 4.74 Å². The fourth-order valence-electron chi connectivity index (χ4n) is 3.87. The van der Waals surface area contributed by atoms with Crippen molar-refractivity contribution in [3.05, 3.63) is 64.6 Å². The van der Waals surface area contributed by atoms with Gasteiger partial charge < -0.3 is 9.64 Å². The number of ether oxygens (including phenoxy) is 1. The smallest absolute Gasteiger partial charge is 0.264 e. The first-order valence-electron chi connectivity index (χ1n) is 11.1. The van der Waals surface area contributed by atoms with E-state index in [0.717, 1.165) is 61.5 Å². The predicted molar refractivity (Wildman–Crippen MR) is 135 cm³/mol. The summed E-state index contributed by atoms with van der Waals surface area (Å²) in [7, 11) is -3.58. The van der Waals surface area contributed by atoms with Gasteiger partial charge in [0.05, 0.1) is 19.1 Å². The van der Waals surface area contributed by atoms with Crippen molar-refractivity contribution in [2.45, 2.75) is 13.5 Å². The van der Waals surface area contributed by atoms with E-state index in [0.29, 0.717) is 12.2 Å². The van der Waals surface area contributed by atoms with Crippen LogP contribution >= 0.6 is 11.3 Å². The first-order valence-corrected chi connectivity index (χ1v) is 13.8. The molecule has 10 heteroatoms. The molecule has 0 aliphatic carbocycles. The number of thiophene rings is 1. The lowest BCUT2D eigenvalue weighted by atomic mass is 10.1. The number of benzene rings is 1. The zero-order chi connectivity index (χ0) is 24.1. The van der Waals surface area contributed by atoms with Gasteiger partial charge in [-0.3, -0.25) is 14.7 Å². The fourth-order valence-corrected chi connectivity index (χ4v) is 5.26. The Morgan fingerprint density at radius 1 is 1.09 bits per heavy atom. The minimum atomic E-state index is -3.58. The van der Waals surface area contributed by atoms with Crippen LogP contribution in [0.1, 0.15) is 22.2 Å². The number of carbonyl (C=O) groups is 1. The summed E-state index contributed by atoms with van der Waals surface area (Å²) < 4.78 is 30.1. The predicted octanol–water partition coefficient (Wildman–Crippen LogP) is 3.22. The van der Waals surface area contributed by atoms with Crippen LogP contribution in [0.4, 0.5) is 5.69 Å². The highest BCUT2D eigenvalue weighted by molar-refractivity contribution is 7.89. The van der Waals surface area contributed by atoms with Crippen molar-refractivity contribution in [2.75, 3.05) is 43.9 Å². The van der Waals surface area contributed by atoms with Crippen molar-refractivity contribution in [2.24, 2.45) is 0 Å². The molecule has 4 rings (SSSR count).